The molecule has 0 aliphatic carbocycles. The van der Waals surface area contributed by atoms with E-state index in [-0.39, 0.29) is 19.5 Å². The van der Waals surface area contributed by atoms with Crippen LogP contribution in [0.4, 0.5) is 18.9 Å². The Morgan fingerprint density at radius 1 is 1.46 bits per heavy atom. The molecule has 1 saturated heterocycles. The molecule has 0 radical (unpaired) electrons. The molecule has 1 aliphatic rings. The molecule has 1 fully saturated rings. The molecule has 0 spiro atoms. The first kappa shape index (κ1) is 17.7. The second-order valence-corrected chi connectivity index (χ2v) is 5.20. The Hall–Kier alpha value is -2.65. The van der Waals surface area contributed by atoms with Gasteiger partial charge in [0, 0.05) is 19.2 Å². The summed E-state index contributed by atoms with van der Waals surface area (Å²) in [4.78, 5) is 35.6. The number of carbonyl (C=O) groups excluding carboxylic acids is 2. The van der Waals surface area contributed by atoms with Crippen molar-refractivity contribution in [2.75, 3.05) is 13.1 Å². The number of piperazine rings is 1. The lowest BCUT2D eigenvalue weighted by Gasteiger charge is -2.34. The van der Waals surface area contributed by atoms with Gasteiger partial charge in [-0.25, -0.2) is 0 Å². The summed E-state index contributed by atoms with van der Waals surface area (Å²) in [6, 6.07) is 0.916. The molecule has 0 bridgehead atoms. The van der Waals surface area contributed by atoms with Gasteiger partial charge in [0.1, 0.15) is 11.6 Å². The Morgan fingerprint density at radius 3 is 2.67 bits per heavy atom. The number of hydrogen-bond donors (Lipinski definition) is 1. The summed E-state index contributed by atoms with van der Waals surface area (Å²) in [5, 5.41) is 13.7. The van der Waals surface area contributed by atoms with Crippen molar-refractivity contribution >= 4 is 17.5 Å². The van der Waals surface area contributed by atoms with E-state index in [1.807, 2.05) is 0 Å². The van der Waals surface area contributed by atoms with Crippen LogP contribution in [-0.2, 0) is 11.0 Å². The monoisotopic (exact) mass is 345 g/mol. The Bertz CT molecular complexity index is 690. The maximum absolute atomic E-state index is 12.7. The van der Waals surface area contributed by atoms with Crippen LogP contribution in [0.15, 0.2) is 18.2 Å². The number of halogens is 3. The second kappa shape index (κ2) is 6.46. The molecule has 0 aromatic heterocycles. The van der Waals surface area contributed by atoms with E-state index in [0.717, 1.165) is 11.0 Å². The van der Waals surface area contributed by atoms with Gasteiger partial charge in [-0.2, -0.15) is 13.2 Å². The van der Waals surface area contributed by atoms with Crippen LogP contribution in [0.3, 0.4) is 0 Å². The lowest BCUT2D eigenvalue weighted by atomic mass is 10.0. The van der Waals surface area contributed by atoms with E-state index in [0.29, 0.717) is 12.1 Å². The number of benzene rings is 1. The lowest BCUT2D eigenvalue weighted by molar-refractivity contribution is -0.385. The Balaban J connectivity index is 2.45. The SMILES string of the molecule is CC[C@H]1C(=O)NCCN1C(=O)c1ccc(C(F)(F)F)cc1[N+](=O)[O-]. The molecule has 2 amide bonds. The van der Waals surface area contributed by atoms with Crippen molar-refractivity contribution in [1.29, 1.82) is 0 Å². The summed E-state index contributed by atoms with van der Waals surface area (Å²) in [5.74, 6) is -1.23. The molecule has 0 saturated carbocycles. The average molecular weight is 345 g/mol. The third-order valence-electron chi connectivity index (χ3n) is 3.73. The van der Waals surface area contributed by atoms with Gasteiger partial charge in [0.25, 0.3) is 11.6 Å². The summed E-state index contributed by atoms with van der Waals surface area (Å²) < 4.78 is 38.1. The molecule has 1 atom stereocenters. The first-order chi connectivity index (χ1) is 11.2. The van der Waals surface area contributed by atoms with Crippen LogP contribution in [-0.4, -0.2) is 40.8 Å². The smallest absolute Gasteiger partial charge is 0.353 e. The molecular formula is C14H14F3N3O4. The first-order valence-corrected chi connectivity index (χ1v) is 7.11. The summed E-state index contributed by atoms with van der Waals surface area (Å²) in [7, 11) is 0. The number of alkyl halides is 3. The zero-order chi connectivity index (χ0) is 18.1. The highest BCUT2D eigenvalue weighted by Gasteiger charge is 2.37. The van der Waals surface area contributed by atoms with Crippen LogP contribution < -0.4 is 5.32 Å². The van der Waals surface area contributed by atoms with Gasteiger partial charge in [-0.3, -0.25) is 19.7 Å². The summed E-state index contributed by atoms with van der Waals surface area (Å²) in [5.41, 5.74) is -2.62. The molecule has 1 N–H and O–H groups in total. The lowest BCUT2D eigenvalue weighted by Crippen LogP contribution is -2.56. The van der Waals surface area contributed by atoms with Gasteiger partial charge < -0.3 is 10.2 Å². The number of nitro groups is 1. The van der Waals surface area contributed by atoms with Gasteiger partial charge in [0.05, 0.1) is 10.5 Å². The quantitative estimate of drug-likeness (QED) is 0.669. The number of hydrogen-bond acceptors (Lipinski definition) is 4. The summed E-state index contributed by atoms with van der Waals surface area (Å²) in [6.07, 6.45) is -4.48. The fourth-order valence-corrected chi connectivity index (χ4v) is 2.56. The van der Waals surface area contributed by atoms with Crippen LogP contribution in [0.1, 0.15) is 29.3 Å². The molecule has 2 rings (SSSR count). The molecule has 0 unspecified atom stereocenters. The second-order valence-electron chi connectivity index (χ2n) is 5.20. The minimum absolute atomic E-state index is 0.126. The molecule has 130 valence electrons. The third kappa shape index (κ3) is 3.31. The van der Waals surface area contributed by atoms with E-state index >= 15 is 0 Å². The normalized spacial score (nSPS) is 18.2. The minimum atomic E-state index is -4.76. The average Bonchev–Trinajstić information content (AvgIpc) is 2.52. The van der Waals surface area contributed by atoms with Crippen molar-refractivity contribution in [1.82, 2.24) is 10.2 Å². The minimum Gasteiger partial charge on any atom is -0.353 e. The number of amides is 2. The molecule has 1 aliphatic heterocycles. The zero-order valence-electron chi connectivity index (χ0n) is 12.6. The molecule has 7 nitrogen and oxygen atoms in total. The van der Waals surface area contributed by atoms with Crippen molar-refractivity contribution in [3.8, 4) is 0 Å². The van der Waals surface area contributed by atoms with Crippen LogP contribution in [0.25, 0.3) is 0 Å². The fourth-order valence-electron chi connectivity index (χ4n) is 2.56. The van der Waals surface area contributed by atoms with Crippen molar-refractivity contribution in [3.63, 3.8) is 0 Å². The highest BCUT2D eigenvalue weighted by molar-refractivity contribution is 6.01. The van der Waals surface area contributed by atoms with E-state index in [2.05, 4.69) is 5.32 Å². The molecule has 10 heteroatoms. The Labute approximate surface area is 134 Å². The Morgan fingerprint density at radius 2 is 2.12 bits per heavy atom. The van der Waals surface area contributed by atoms with Gasteiger partial charge in [-0.1, -0.05) is 6.92 Å². The van der Waals surface area contributed by atoms with Gasteiger partial charge in [-0.05, 0) is 18.6 Å². The van der Waals surface area contributed by atoms with Crippen LogP contribution in [0, 0.1) is 10.1 Å². The Kier molecular flexibility index (Phi) is 4.76. The zero-order valence-corrected chi connectivity index (χ0v) is 12.6. The van der Waals surface area contributed by atoms with Crippen LogP contribution in [0.5, 0.6) is 0 Å². The standard InChI is InChI=1S/C14H14F3N3O4/c1-2-10-12(21)18-5-6-19(10)13(22)9-4-3-8(14(15,16)17)7-11(9)20(23)24/h3-4,7,10H,2,5-6H2,1H3,(H,18,21)/t10-/m0/s1. The van der Waals surface area contributed by atoms with Crippen LogP contribution in [0.2, 0.25) is 0 Å². The van der Waals surface area contributed by atoms with Crippen molar-refractivity contribution in [3.05, 3.63) is 39.4 Å². The van der Waals surface area contributed by atoms with E-state index in [9.17, 15) is 32.9 Å². The molecule has 1 heterocycles. The van der Waals surface area contributed by atoms with Gasteiger partial charge in [0.15, 0.2) is 0 Å². The van der Waals surface area contributed by atoms with Crippen molar-refractivity contribution < 1.29 is 27.7 Å². The van der Waals surface area contributed by atoms with Crippen LogP contribution >= 0.6 is 0 Å². The maximum atomic E-state index is 12.7. The number of nitrogens with zero attached hydrogens (tertiary/aromatic N) is 2. The van der Waals surface area contributed by atoms with E-state index in [4.69, 9.17) is 0 Å². The topological polar surface area (TPSA) is 92.6 Å². The van der Waals surface area contributed by atoms with E-state index in [1.54, 1.807) is 6.92 Å². The number of rotatable bonds is 3. The van der Waals surface area contributed by atoms with Crippen molar-refractivity contribution in [2.24, 2.45) is 0 Å². The predicted molar refractivity (Wildman–Crippen MR) is 76.2 cm³/mol. The number of nitrogens with one attached hydrogen (secondary N) is 1. The van der Waals surface area contributed by atoms with E-state index in [1.165, 1.54) is 0 Å². The fraction of sp³-hybridized carbons (Fsp3) is 0.429. The molecular weight excluding hydrogens is 331 g/mol. The highest BCUT2D eigenvalue weighted by Crippen LogP contribution is 2.33. The molecule has 1 aromatic carbocycles. The maximum Gasteiger partial charge on any atom is 0.416 e. The van der Waals surface area contributed by atoms with E-state index < -0.39 is 45.8 Å². The predicted octanol–water partition coefficient (Wildman–Crippen LogP) is 1.96. The van der Waals surface area contributed by atoms with Gasteiger partial charge in [-0.15, -0.1) is 0 Å². The van der Waals surface area contributed by atoms with Crippen molar-refractivity contribution in [2.45, 2.75) is 25.6 Å². The molecule has 24 heavy (non-hydrogen) atoms. The number of carbonyl (C=O) groups is 2. The third-order valence-corrected chi connectivity index (χ3v) is 3.73. The first-order valence-electron chi connectivity index (χ1n) is 7.11. The van der Waals surface area contributed by atoms with Gasteiger partial charge in [0.2, 0.25) is 5.91 Å². The summed E-state index contributed by atoms with van der Waals surface area (Å²) in [6.45, 7) is 1.97. The number of nitro benzene ring substituents is 1. The van der Waals surface area contributed by atoms with Gasteiger partial charge >= 0.3 is 6.18 Å². The molecule has 1 aromatic rings. The summed E-state index contributed by atoms with van der Waals surface area (Å²) >= 11 is 0. The largest absolute Gasteiger partial charge is 0.416 e. The highest BCUT2D eigenvalue weighted by atomic mass is 19.4.